The third kappa shape index (κ3) is 2.85. The number of fused-ring (bicyclic) bond motifs is 5. The van der Waals surface area contributed by atoms with E-state index in [9.17, 15) is 14.4 Å². The van der Waals surface area contributed by atoms with Crippen LogP contribution in [0, 0.1) is 11.8 Å². The summed E-state index contributed by atoms with van der Waals surface area (Å²) in [6.45, 7) is 0. The van der Waals surface area contributed by atoms with Gasteiger partial charge in [-0.05, 0) is 35.9 Å². The van der Waals surface area contributed by atoms with Crippen molar-refractivity contribution in [2.45, 2.75) is 12.1 Å². The van der Waals surface area contributed by atoms with Crippen molar-refractivity contribution in [2.75, 3.05) is 16.9 Å². The summed E-state index contributed by atoms with van der Waals surface area (Å²) < 4.78 is 5.21. The van der Waals surface area contributed by atoms with E-state index in [0.717, 1.165) is 11.3 Å². The average molecular weight is 450 g/mol. The van der Waals surface area contributed by atoms with Crippen molar-refractivity contribution in [1.29, 1.82) is 0 Å². The molecule has 0 unspecified atom stereocenters. The van der Waals surface area contributed by atoms with Gasteiger partial charge < -0.3 is 9.64 Å². The number of para-hydroxylation sites is 1. The van der Waals surface area contributed by atoms with Crippen LogP contribution in [-0.2, 0) is 9.59 Å². The van der Waals surface area contributed by atoms with Gasteiger partial charge in [0.1, 0.15) is 11.8 Å². The zero-order valence-electron chi connectivity index (χ0n) is 18.5. The van der Waals surface area contributed by atoms with Gasteiger partial charge in [0, 0.05) is 11.3 Å². The van der Waals surface area contributed by atoms with Crippen molar-refractivity contribution in [3.05, 3.63) is 96.1 Å². The number of nitrogens with zero attached hydrogens (tertiary/aromatic N) is 2. The molecule has 6 heteroatoms. The molecule has 0 aromatic heterocycles. The van der Waals surface area contributed by atoms with E-state index < -0.39 is 17.9 Å². The molecule has 3 aliphatic heterocycles. The maximum absolute atomic E-state index is 13.9. The Kier molecular flexibility index (Phi) is 4.62. The molecule has 2 fully saturated rings. The molecule has 2 amide bonds. The number of ketones is 1. The molecule has 0 bridgehead atoms. The molecule has 6 nitrogen and oxygen atoms in total. The fraction of sp³-hybridized carbons (Fsp3) is 0.179. The van der Waals surface area contributed by atoms with Gasteiger partial charge >= 0.3 is 0 Å². The third-order valence-corrected chi connectivity index (χ3v) is 7.07. The molecule has 0 saturated carbocycles. The number of amides is 2. The summed E-state index contributed by atoms with van der Waals surface area (Å²) in [5.74, 6) is -1.55. The Morgan fingerprint density at radius 1 is 0.824 bits per heavy atom. The molecule has 2 saturated heterocycles. The first-order valence-corrected chi connectivity index (χ1v) is 11.3. The number of anilines is 2. The van der Waals surface area contributed by atoms with Gasteiger partial charge in [-0.2, -0.15) is 0 Å². The number of rotatable bonds is 4. The molecule has 3 aromatic carbocycles. The number of imide groups is 1. The first-order valence-electron chi connectivity index (χ1n) is 11.3. The Balaban J connectivity index is 1.48. The van der Waals surface area contributed by atoms with Gasteiger partial charge in [0.2, 0.25) is 11.8 Å². The Hall–Kier alpha value is -4.19. The number of ether oxygens (including phenoxy) is 1. The maximum Gasteiger partial charge on any atom is 0.240 e. The Morgan fingerprint density at radius 3 is 2.24 bits per heavy atom. The van der Waals surface area contributed by atoms with E-state index in [1.54, 1.807) is 43.5 Å². The van der Waals surface area contributed by atoms with Gasteiger partial charge in [-0.25, -0.2) is 4.90 Å². The summed E-state index contributed by atoms with van der Waals surface area (Å²) in [6.07, 6.45) is 3.94. The number of Topliss-reactive ketones (excluding diaryl/α,β-unsaturated/α-hetero) is 1. The number of carbonyl (C=O) groups excluding carboxylic acids is 3. The molecular formula is C28H22N2O4. The summed E-state index contributed by atoms with van der Waals surface area (Å²) in [7, 11) is 1.56. The van der Waals surface area contributed by atoms with E-state index in [1.165, 1.54) is 4.90 Å². The largest absolute Gasteiger partial charge is 0.497 e. The molecule has 168 valence electrons. The molecular weight excluding hydrogens is 428 g/mol. The van der Waals surface area contributed by atoms with Crippen LogP contribution < -0.4 is 14.5 Å². The number of hydrogen-bond acceptors (Lipinski definition) is 5. The Bertz CT molecular complexity index is 1330. The monoisotopic (exact) mass is 450 g/mol. The predicted molar refractivity (Wildman–Crippen MR) is 129 cm³/mol. The van der Waals surface area contributed by atoms with Crippen molar-refractivity contribution in [3.8, 4) is 5.75 Å². The summed E-state index contributed by atoms with van der Waals surface area (Å²) in [5, 5.41) is 0. The molecule has 3 aliphatic rings. The molecule has 34 heavy (non-hydrogen) atoms. The van der Waals surface area contributed by atoms with Crippen molar-refractivity contribution in [2.24, 2.45) is 11.8 Å². The summed E-state index contributed by atoms with van der Waals surface area (Å²) in [5.41, 5.74) is 2.86. The number of benzene rings is 3. The average Bonchev–Trinajstić information content (AvgIpc) is 3.37. The molecule has 0 radical (unpaired) electrons. The summed E-state index contributed by atoms with van der Waals surface area (Å²) in [6, 6.07) is 22.5. The van der Waals surface area contributed by atoms with Crippen LogP contribution in [0.4, 0.5) is 11.4 Å². The third-order valence-electron chi connectivity index (χ3n) is 7.07. The van der Waals surface area contributed by atoms with Crippen LogP contribution in [0.5, 0.6) is 5.75 Å². The van der Waals surface area contributed by atoms with Crippen LogP contribution in [0.1, 0.15) is 15.9 Å². The van der Waals surface area contributed by atoms with Gasteiger partial charge in [-0.15, -0.1) is 0 Å². The number of hydrogen-bond donors (Lipinski definition) is 0. The van der Waals surface area contributed by atoms with E-state index in [0.29, 0.717) is 17.0 Å². The number of methoxy groups -OCH3 is 1. The smallest absolute Gasteiger partial charge is 0.240 e. The molecule has 0 N–H and O–H groups in total. The van der Waals surface area contributed by atoms with E-state index in [1.807, 2.05) is 59.5 Å². The second kappa shape index (κ2) is 7.70. The Morgan fingerprint density at radius 2 is 1.50 bits per heavy atom. The first-order chi connectivity index (χ1) is 16.6. The minimum absolute atomic E-state index is 0.152. The lowest BCUT2D eigenvalue weighted by Gasteiger charge is -2.36. The summed E-state index contributed by atoms with van der Waals surface area (Å²) >= 11 is 0. The van der Waals surface area contributed by atoms with Crippen LogP contribution in [0.3, 0.4) is 0 Å². The van der Waals surface area contributed by atoms with Crippen LogP contribution >= 0.6 is 0 Å². The van der Waals surface area contributed by atoms with Crippen molar-refractivity contribution in [1.82, 2.24) is 0 Å². The highest BCUT2D eigenvalue weighted by molar-refractivity contribution is 6.25. The van der Waals surface area contributed by atoms with Crippen LogP contribution in [0.2, 0.25) is 0 Å². The van der Waals surface area contributed by atoms with Crippen molar-refractivity contribution >= 4 is 35.0 Å². The van der Waals surface area contributed by atoms with Crippen LogP contribution in [0.25, 0.3) is 6.08 Å². The van der Waals surface area contributed by atoms with E-state index in [2.05, 4.69) is 0 Å². The van der Waals surface area contributed by atoms with E-state index in [4.69, 9.17) is 4.74 Å². The molecule has 6 rings (SSSR count). The SMILES string of the molecule is COc1ccc(N2C(=O)[C@@H]3[C@H](C2=O)[C@H](C(=O)c2ccccc2)N2c4ccccc4C=C[C@@H]32)cc1. The van der Waals surface area contributed by atoms with E-state index in [-0.39, 0.29) is 23.6 Å². The van der Waals surface area contributed by atoms with Crippen molar-refractivity contribution < 1.29 is 19.1 Å². The van der Waals surface area contributed by atoms with E-state index >= 15 is 0 Å². The van der Waals surface area contributed by atoms with Gasteiger partial charge in [0.25, 0.3) is 0 Å². The standard InChI is InChI=1S/C28H22N2O4/c1-34-20-14-12-19(13-15-20)29-27(32)23-22-16-11-17-7-5-6-10-21(17)30(22)25(24(23)28(29)33)26(31)18-8-3-2-4-9-18/h2-16,22-25H,1H3/t22-,23-,24-,25+/m0/s1. The zero-order chi connectivity index (χ0) is 23.4. The summed E-state index contributed by atoms with van der Waals surface area (Å²) in [4.78, 5) is 44.6. The molecule has 3 aromatic rings. The second-order valence-electron chi connectivity index (χ2n) is 8.75. The second-order valence-corrected chi connectivity index (χ2v) is 8.75. The highest BCUT2D eigenvalue weighted by atomic mass is 16.5. The fourth-order valence-electron chi connectivity index (χ4n) is 5.57. The zero-order valence-corrected chi connectivity index (χ0v) is 18.5. The van der Waals surface area contributed by atoms with Gasteiger partial charge in [-0.3, -0.25) is 14.4 Å². The lowest BCUT2D eigenvalue weighted by Crippen LogP contribution is -2.48. The molecule has 0 spiro atoms. The highest BCUT2D eigenvalue weighted by Crippen LogP contribution is 2.49. The lowest BCUT2D eigenvalue weighted by atomic mass is 9.86. The van der Waals surface area contributed by atoms with Crippen LogP contribution in [-0.4, -0.2) is 36.8 Å². The normalized spacial score (nSPS) is 24.6. The maximum atomic E-state index is 13.9. The van der Waals surface area contributed by atoms with Gasteiger partial charge in [0.05, 0.1) is 30.7 Å². The lowest BCUT2D eigenvalue weighted by molar-refractivity contribution is -0.122. The van der Waals surface area contributed by atoms with Gasteiger partial charge in [0.15, 0.2) is 5.78 Å². The quantitative estimate of drug-likeness (QED) is 0.445. The molecule has 4 atom stereocenters. The Labute approximate surface area is 197 Å². The van der Waals surface area contributed by atoms with Crippen LogP contribution in [0.15, 0.2) is 84.9 Å². The topological polar surface area (TPSA) is 66.9 Å². The number of carbonyl (C=O) groups is 3. The molecule has 0 aliphatic carbocycles. The predicted octanol–water partition coefficient (Wildman–Crippen LogP) is 3.97. The molecule has 3 heterocycles. The fourth-order valence-corrected chi connectivity index (χ4v) is 5.57. The minimum atomic E-state index is -0.775. The first kappa shape index (κ1) is 20.4. The van der Waals surface area contributed by atoms with Crippen molar-refractivity contribution in [3.63, 3.8) is 0 Å². The highest BCUT2D eigenvalue weighted by Gasteiger charge is 2.64. The van der Waals surface area contributed by atoms with Gasteiger partial charge in [-0.1, -0.05) is 60.7 Å². The minimum Gasteiger partial charge on any atom is -0.497 e.